The van der Waals surface area contributed by atoms with Gasteiger partial charge in [-0.2, -0.15) is 0 Å². The molecule has 1 aliphatic heterocycles. The molecule has 2 nitrogen and oxygen atoms in total. The van der Waals surface area contributed by atoms with E-state index in [2.05, 4.69) is 10.8 Å². The molecule has 0 aliphatic carbocycles. The summed E-state index contributed by atoms with van der Waals surface area (Å²) in [5.74, 6) is -0.217. The molecule has 3 rings (SSSR count). The third kappa shape index (κ3) is 2.01. The van der Waals surface area contributed by atoms with Gasteiger partial charge in [-0.05, 0) is 29.8 Å². The van der Waals surface area contributed by atoms with Crippen molar-refractivity contribution in [3.05, 3.63) is 59.9 Å². The van der Waals surface area contributed by atoms with Crippen molar-refractivity contribution < 1.29 is 4.39 Å². The molecule has 0 radical (unpaired) electrons. The Kier molecular flexibility index (Phi) is 2.74. The van der Waals surface area contributed by atoms with Crippen LogP contribution in [0.4, 0.5) is 15.8 Å². The summed E-state index contributed by atoms with van der Waals surface area (Å²) < 4.78 is 18.5. The van der Waals surface area contributed by atoms with Gasteiger partial charge in [0.15, 0.2) is 0 Å². The molecule has 1 heterocycles. The average molecular weight is 246 g/mol. The SMILES string of the molecule is Fc1cccc(N2SNCc3ccccc32)c1. The summed E-state index contributed by atoms with van der Waals surface area (Å²) in [4.78, 5) is 0. The van der Waals surface area contributed by atoms with Gasteiger partial charge in [0.2, 0.25) is 0 Å². The Bertz CT molecular complexity index is 544. The fourth-order valence-corrected chi connectivity index (χ4v) is 2.72. The van der Waals surface area contributed by atoms with E-state index < -0.39 is 0 Å². The van der Waals surface area contributed by atoms with E-state index in [0.717, 1.165) is 17.9 Å². The van der Waals surface area contributed by atoms with Gasteiger partial charge in [0.25, 0.3) is 0 Å². The Morgan fingerprint density at radius 1 is 1.12 bits per heavy atom. The number of benzene rings is 2. The first-order chi connectivity index (χ1) is 8.34. The number of anilines is 2. The molecule has 2 aromatic carbocycles. The Labute approximate surface area is 104 Å². The Hall–Kier alpha value is -1.52. The lowest BCUT2D eigenvalue weighted by Crippen LogP contribution is -2.22. The summed E-state index contributed by atoms with van der Waals surface area (Å²) >= 11 is 1.48. The van der Waals surface area contributed by atoms with Crippen LogP contribution in [-0.4, -0.2) is 0 Å². The van der Waals surface area contributed by atoms with Gasteiger partial charge >= 0.3 is 0 Å². The molecule has 0 atom stereocenters. The molecule has 1 N–H and O–H groups in total. The Morgan fingerprint density at radius 3 is 2.88 bits per heavy atom. The molecule has 0 fully saturated rings. The lowest BCUT2D eigenvalue weighted by Gasteiger charge is -2.29. The van der Waals surface area contributed by atoms with Crippen molar-refractivity contribution in [2.45, 2.75) is 6.54 Å². The number of para-hydroxylation sites is 1. The summed E-state index contributed by atoms with van der Waals surface area (Å²) in [6, 6.07) is 14.8. The van der Waals surface area contributed by atoms with Crippen molar-refractivity contribution in [1.82, 2.24) is 4.72 Å². The normalized spacial score (nSPS) is 14.5. The van der Waals surface area contributed by atoms with E-state index in [1.54, 1.807) is 6.07 Å². The summed E-state index contributed by atoms with van der Waals surface area (Å²) in [5.41, 5.74) is 3.17. The van der Waals surface area contributed by atoms with Crippen molar-refractivity contribution in [3.8, 4) is 0 Å². The zero-order valence-corrected chi connectivity index (χ0v) is 9.88. The van der Waals surface area contributed by atoms with E-state index in [-0.39, 0.29) is 5.82 Å². The van der Waals surface area contributed by atoms with Crippen molar-refractivity contribution in [2.24, 2.45) is 0 Å². The number of rotatable bonds is 1. The molecule has 0 amide bonds. The number of fused-ring (bicyclic) bond motifs is 1. The largest absolute Gasteiger partial charge is 0.271 e. The molecular formula is C13H11FN2S. The minimum Gasteiger partial charge on any atom is -0.271 e. The van der Waals surface area contributed by atoms with Gasteiger partial charge in [-0.3, -0.25) is 4.31 Å². The molecule has 2 aromatic rings. The maximum Gasteiger partial charge on any atom is 0.125 e. The van der Waals surface area contributed by atoms with Crippen LogP contribution in [0.2, 0.25) is 0 Å². The molecule has 0 unspecified atom stereocenters. The van der Waals surface area contributed by atoms with Crippen molar-refractivity contribution in [3.63, 3.8) is 0 Å². The first kappa shape index (κ1) is 10.6. The van der Waals surface area contributed by atoms with Gasteiger partial charge in [0.05, 0.1) is 11.4 Å². The molecule has 0 aromatic heterocycles. The minimum absolute atomic E-state index is 0.217. The molecule has 0 saturated heterocycles. The second-order valence-electron chi connectivity index (χ2n) is 3.82. The Balaban J connectivity index is 2.06. The zero-order valence-electron chi connectivity index (χ0n) is 9.06. The van der Waals surface area contributed by atoms with Crippen LogP contribution < -0.4 is 9.03 Å². The number of nitrogens with one attached hydrogen (secondary N) is 1. The molecule has 4 heteroatoms. The highest BCUT2D eigenvalue weighted by Crippen LogP contribution is 2.36. The third-order valence-electron chi connectivity index (χ3n) is 2.67. The number of halogens is 1. The molecule has 0 bridgehead atoms. The summed E-state index contributed by atoms with van der Waals surface area (Å²) in [6.45, 7) is 0.826. The average Bonchev–Trinajstić information content (AvgIpc) is 2.38. The van der Waals surface area contributed by atoms with Crippen LogP contribution in [0, 0.1) is 5.82 Å². The van der Waals surface area contributed by atoms with Gasteiger partial charge in [0.1, 0.15) is 5.82 Å². The highest BCUT2D eigenvalue weighted by Gasteiger charge is 2.18. The fourth-order valence-electron chi connectivity index (χ4n) is 1.88. The molecule has 1 aliphatic rings. The summed E-state index contributed by atoms with van der Waals surface area (Å²) in [6.07, 6.45) is 0. The molecule has 17 heavy (non-hydrogen) atoms. The number of nitrogens with zero attached hydrogens (tertiary/aromatic N) is 1. The lowest BCUT2D eigenvalue weighted by atomic mass is 10.1. The van der Waals surface area contributed by atoms with Crippen LogP contribution in [-0.2, 0) is 6.54 Å². The minimum atomic E-state index is -0.217. The van der Waals surface area contributed by atoms with Crippen LogP contribution in [0.3, 0.4) is 0 Å². The predicted octanol–water partition coefficient (Wildman–Crippen LogP) is 3.63. The topological polar surface area (TPSA) is 15.3 Å². The Morgan fingerprint density at radius 2 is 2.00 bits per heavy atom. The number of hydrogen-bond donors (Lipinski definition) is 1. The van der Waals surface area contributed by atoms with E-state index in [1.807, 2.05) is 28.6 Å². The van der Waals surface area contributed by atoms with Gasteiger partial charge < -0.3 is 0 Å². The molecule has 0 saturated carbocycles. The van der Waals surface area contributed by atoms with Crippen LogP contribution in [0.25, 0.3) is 0 Å². The second-order valence-corrected chi connectivity index (χ2v) is 4.65. The van der Waals surface area contributed by atoms with Gasteiger partial charge in [-0.25, -0.2) is 9.11 Å². The van der Waals surface area contributed by atoms with E-state index in [1.165, 1.54) is 29.8 Å². The monoisotopic (exact) mass is 246 g/mol. The zero-order chi connectivity index (χ0) is 11.7. The maximum absolute atomic E-state index is 13.2. The quantitative estimate of drug-likeness (QED) is 0.773. The predicted molar refractivity (Wildman–Crippen MR) is 69.4 cm³/mol. The molecule has 0 spiro atoms. The lowest BCUT2D eigenvalue weighted by molar-refractivity contribution is 0.628. The third-order valence-corrected chi connectivity index (χ3v) is 3.54. The van der Waals surface area contributed by atoms with E-state index in [4.69, 9.17) is 0 Å². The van der Waals surface area contributed by atoms with E-state index in [0.29, 0.717) is 0 Å². The summed E-state index contributed by atoms with van der Waals surface area (Å²) in [5, 5.41) is 0. The van der Waals surface area contributed by atoms with Crippen LogP contribution in [0.1, 0.15) is 5.56 Å². The fraction of sp³-hybridized carbons (Fsp3) is 0.0769. The maximum atomic E-state index is 13.2. The van der Waals surface area contributed by atoms with E-state index >= 15 is 0 Å². The highest BCUT2D eigenvalue weighted by molar-refractivity contribution is 7.99. The standard InChI is InChI=1S/C13H11FN2S/c14-11-5-3-6-12(8-11)16-13-7-2-1-4-10(13)9-15-17-16/h1-8,15H,9H2. The molecule has 86 valence electrons. The van der Waals surface area contributed by atoms with Crippen LogP contribution >= 0.6 is 12.1 Å². The highest BCUT2D eigenvalue weighted by atomic mass is 32.2. The second kappa shape index (κ2) is 4.39. The molecular weight excluding hydrogens is 235 g/mol. The van der Waals surface area contributed by atoms with Crippen molar-refractivity contribution in [1.29, 1.82) is 0 Å². The van der Waals surface area contributed by atoms with Gasteiger partial charge in [-0.15, -0.1) is 0 Å². The summed E-state index contributed by atoms with van der Waals surface area (Å²) in [7, 11) is 0. The van der Waals surface area contributed by atoms with Crippen molar-refractivity contribution >= 4 is 23.5 Å². The smallest absolute Gasteiger partial charge is 0.125 e. The van der Waals surface area contributed by atoms with Crippen molar-refractivity contribution in [2.75, 3.05) is 4.31 Å². The first-order valence-corrected chi connectivity index (χ1v) is 6.15. The number of hydrogen-bond acceptors (Lipinski definition) is 3. The van der Waals surface area contributed by atoms with E-state index in [9.17, 15) is 4.39 Å². The first-order valence-electron chi connectivity index (χ1n) is 5.38. The van der Waals surface area contributed by atoms with Crippen LogP contribution in [0.15, 0.2) is 48.5 Å². The van der Waals surface area contributed by atoms with Crippen LogP contribution in [0.5, 0.6) is 0 Å². The van der Waals surface area contributed by atoms with Gasteiger partial charge in [0, 0.05) is 18.7 Å². The van der Waals surface area contributed by atoms with Gasteiger partial charge in [-0.1, -0.05) is 24.3 Å².